The van der Waals surface area contributed by atoms with Crippen molar-refractivity contribution in [3.8, 4) is 5.75 Å². The molecule has 0 bridgehead atoms. The standard InChI is InChI=1S/C17H15NO4/c1-20-16-8-11-10-4-2-3-5-14(10)22-15(11)9-13(16)18-12-6-7-21-17(12)19/h2-5,8-9,12,18H,6-7H2,1H3/t12-/m1/s1. The zero-order valence-electron chi connectivity index (χ0n) is 12.1. The molecule has 1 N–H and O–H groups in total. The van der Waals surface area contributed by atoms with E-state index < -0.39 is 0 Å². The Hall–Kier alpha value is -2.69. The molecule has 0 radical (unpaired) electrons. The molecule has 1 fully saturated rings. The summed E-state index contributed by atoms with van der Waals surface area (Å²) >= 11 is 0. The van der Waals surface area contributed by atoms with Crippen LogP contribution in [0.15, 0.2) is 40.8 Å². The Morgan fingerprint density at radius 2 is 2.05 bits per heavy atom. The van der Waals surface area contributed by atoms with Gasteiger partial charge in [-0.15, -0.1) is 0 Å². The van der Waals surface area contributed by atoms with Crippen LogP contribution in [-0.2, 0) is 9.53 Å². The third-order valence-corrected chi connectivity index (χ3v) is 3.96. The first-order valence-electron chi connectivity index (χ1n) is 7.19. The largest absolute Gasteiger partial charge is 0.495 e. The molecule has 0 spiro atoms. The highest BCUT2D eigenvalue weighted by atomic mass is 16.5. The van der Waals surface area contributed by atoms with Crippen LogP contribution in [0, 0.1) is 0 Å². The zero-order valence-corrected chi connectivity index (χ0v) is 12.1. The summed E-state index contributed by atoms with van der Waals surface area (Å²) in [5.41, 5.74) is 2.32. The van der Waals surface area contributed by atoms with E-state index in [1.807, 2.05) is 36.4 Å². The molecule has 0 saturated carbocycles. The summed E-state index contributed by atoms with van der Waals surface area (Å²) in [6.07, 6.45) is 0.653. The lowest BCUT2D eigenvalue weighted by atomic mass is 10.1. The van der Waals surface area contributed by atoms with Gasteiger partial charge in [-0.05, 0) is 12.1 Å². The maximum Gasteiger partial charge on any atom is 0.328 e. The molecule has 0 aliphatic carbocycles. The van der Waals surface area contributed by atoms with Crippen LogP contribution in [0.2, 0.25) is 0 Å². The van der Waals surface area contributed by atoms with Crippen LogP contribution < -0.4 is 10.1 Å². The highest BCUT2D eigenvalue weighted by Crippen LogP contribution is 2.36. The number of para-hydroxylation sites is 1. The SMILES string of the molecule is COc1cc2c(cc1N[C@@H]1CCOC1=O)oc1ccccc12. The van der Waals surface area contributed by atoms with Crippen molar-refractivity contribution in [3.63, 3.8) is 0 Å². The number of furan rings is 1. The van der Waals surface area contributed by atoms with Crippen LogP contribution in [0.25, 0.3) is 21.9 Å². The zero-order chi connectivity index (χ0) is 15.1. The fourth-order valence-corrected chi connectivity index (χ4v) is 2.85. The van der Waals surface area contributed by atoms with Crippen molar-refractivity contribution in [2.75, 3.05) is 19.0 Å². The van der Waals surface area contributed by atoms with Crippen molar-refractivity contribution in [3.05, 3.63) is 36.4 Å². The van der Waals surface area contributed by atoms with Crippen LogP contribution >= 0.6 is 0 Å². The number of anilines is 1. The number of methoxy groups -OCH3 is 1. The fraction of sp³-hybridized carbons (Fsp3) is 0.235. The minimum atomic E-state index is -0.337. The number of rotatable bonds is 3. The molecule has 5 nitrogen and oxygen atoms in total. The van der Waals surface area contributed by atoms with Gasteiger partial charge >= 0.3 is 5.97 Å². The van der Waals surface area contributed by atoms with E-state index in [4.69, 9.17) is 13.9 Å². The number of esters is 1. The summed E-state index contributed by atoms with van der Waals surface area (Å²) in [7, 11) is 1.61. The Morgan fingerprint density at radius 3 is 2.82 bits per heavy atom. The molecule has 1 aliphatic heterocycles. The molecule has 1 atom stereocenters. The normalized spacial score (nSPS) is 17.9. The highest BCUT2D eigenvalue weighted by molar-refractivity contribution is 6.06. The van der Waals surface area contributed by atoms with Crippen LogP contribution in [0.4, 0.5) is 5.69 Å². The lowest BCUT2D eigenvalue weighted by Crippen LogP contribution is -2.24. The smallest absolute Gasteiger partial charge is 0.328 e. The third-order valence-electron chi connectivity index (χ3n) is 3.96. The summed E-state index contributed by atoms with van der Waals surface area (Å²) in [5.74, 6) is 0.450. The molecule has 4 rings (SSSR count). The van der Waals surface area contributed by atoms with Crippen molar-refractivity contribution in [1.82, 2.24) is 0 Å². The van der Waals surface area contributed by atoms with E-state index in [1.54, 1.807) is 7.11 Å². The summed E-state index contributed by atoms with van der Waals surface area (Å²) < 4.78 is 16.3. The first-order valence-corrected chi connectivity index (χ1v) is 7.19. The van der Waals surface area contributed by atoms with Gasteiger partial charge < -0.3 is 19.2 Å². The quantitative estimate of drug-likeness (QED) is 0.751. The van der Waals surface area contributed by atoms with Crippen molar-refractivity contribution in [2.45, 2.75) is 12.5 Å². The third kappa shape index (κ3) is 1.97. The van der Waals surface area contributed by atoms with Gasteiger partial charge in [0, 0.05) is 23.3 Å². The summed E-state index contributed by atoms with van der Waals surface area (Å²) in [4.78, 5) is 11.6. The monoisotopic (exact) mass is 297 g/mol. The van der Waals surface area contributed by atoms with Gasteiger partial charge in [-0.2, -0.15) is 0 Å². The number of cyclic esters (lactones) is 1. The second-order valence-corrected chi connectivity index (χ2v) is 5.30. The Morgan fingerprint density at radius 1 is 1.18 bits per heavy atom. The van der Waals surface area contributed by atoms with Crippen molar-refractivity contribution in [2.24, 2.45) is 0 Å². The van der Waals surface area contributed by atoms with Crippen molar-refractivity contribution in [1.29, 1.82) is 0 Å². The first-order chi connectivity index (χ1) is 10.8. The Bertz CT molecular complexity index is 868. The molecule has 2 heterocycles. The molecule has 1 aromatic heterocycles. The molecule has 2 aromatic carbocycles. The second-order valence-electron chi connectivity index (χ2n) is 5.30. The predicted octanol–water partition coefficient (Wildman–Crippen LogP) is 3.32. The number of fused-ring (bicyclic) bond motifs is 3. The fourth-order valence-electron chi connectivity index (χ4n) is 2.85. The number of nitrogens with one attached hydrogen (secondary N) is 1. The van der Waals surface area contributed by atoms with Gasteiger partial charge in [0.1, 0.15) is 23.0 Å². The maximum absolute atomic E-state index is 11.6. The van der Waals surface area contributed by atoms with Crippen LogP contribution in [0.5, 0.6) is 5.75 Å². The molecule has 0 amide bonds. The van der Waals surface area contributed by atoms with Gasteiger partial charge in [0.15, 0.2) is 0 Å². The second kappa shape index (κ2) is 4.94. The Kier molecular flexibility index (Phi) is 2.92. The first kappa shape index (κ1) is 13.0. The number of ether oxygens (including phenoxy) is 2. The van der Waals surface area contributed by atoms with Crippen LogP contribution in [0.3, 0.4) is 0 Å². The summed E-state index contributed by atoms with van der Waals surface area (Å²) in [6.45, 7) is 0.450. The minimum absolute atomic E-state index is 0.230. The lowest BCUT2D eigenvalue weighted by molar-refractivity contribution is -0.138. The average Bonchev–Trinajstić information content (AvgIpc) is 3.10. The van der Waals surface area contributed by atoms with Crippen molar-refractivity contribution >= 4 is 33.6 Å². The van der Waals surface area contributed by atoms with Gasteiger partial charge in [0.05, 0.1) is 19.4 Å². The maximum atomic E-state index is 11.6. The summed E-state index contributed by atoms with van der Waals surface area (Å²) in [5, 5.41) is 5.22. The van der Waals surface area contributed by atoms with E-state index in [0.717, 1.165) is 27.6 Å². The average molecular weight is 297 g/mol. The van der Waals surface area contributed by atoms with Gasteiger partial charge in [-0.25, -0.2) is 4.79 Å². The molecule has 5 heteroatoms. The van der Waals surface area contributed by atoms with E-state index in [-0.39, 0.29) is 12.0 Å². The molecule has 112 valence electrons. The number of hydrogen-bond donors (Lipinski definition) is 1. The molecule has 22 heavy (non-hydrogen) atoms. The number of carbonyl (C=O) groups excluding carboxylic acids is 1. The Labute approximate surface area is 126 Å². The topological polar surface area (TPSA) is 60.7 Å². The Balaban J connectivity index is 1.83. The van der Waals surface area contributed by atoms with Gasteiger partial charge in [0.25, 0.3) is 0 Å². The minimum Gasteiger partial charge on any atom is -0.495 e. The van der Waals surface area contributed by atoms with E-state index in [2.05, 4.69) is 5.32 Å². The predicted molar refractivity (Wildman–Crippen MR) is 83.3 cm³/mol. The molecule has 1 saturated heterocycles. The number of hydrogen-bond acceptors (Lipinski definition) is 5. The number of benzene rings is 2. The molecular weight excluding hydrogens is 282 g/mol. The van der Waals surface area contributed by atoms with Gasteiger partial charge in [-0.3, -0.25) is 0 Å². The molecule has 1 aliphatic rings. The van der Waals surface area contributed by atoms with Gasteiger partial charge in [0.2, 0.25) is 0 Å². The van der Waals surface area contributed by atoms with E-state index in [0.29, 0.717) is 18.8 Å². The number of carbonyl (C=O) groups is 1. The van der Waals surface area contributed by atoms with E-state index in [9.17, 15) is 4.79 Å². The molecule has 0 unspecified atom stereocenters. The molecule has 3 aromatic rings. The van der Waals surface area contributed by atoms with Gasteiger partial charge in [-0.1, -0.05) is 18.2 Å². The van der Waals surface area contributed by atoms with Crippen molar-refractivity contribution < 1.29 is 18.7 Å². The van der Waals surface area contributed by atoms with Crippen LogP contribution in [0.1, 0.15) is 6.42 Å². The van der Waals surface area contributed by atoms with Crippen LogP contribution in [-0.4, -0.2) is 25.7 Å². The lowest BCUT2D eigenvalue weighted by Gasteiger charge is -2.14. The van der Waals surface area contributed by atoms with E-state index in [1.165, 1.54) is 0 Å². The molecular formula is C17H15NO4. The highest BCUT2D eigenvalue weighted by Gasteiger charge is 2.27. The van der Waals surface area contributed by atoms with E-state index >= 15 is 0 Å². The summed E-state index contributed by atoms with van der Waals surface area (Å²) in [6, 6.07) is 11.3.